The van der Waals surface area contributed by atoms with Crippen molar-refractivity contribution in [1.82, 2.24) is 0 Å². The van der Waals surface area contributed by atoms with Crippen molar-refractivity contribution in [1.29, 1.82) is 0 Å². The molecule has 0 bridgehead atoms. The van der Waals surface area contributed by atoms with E-state index in [2.05, 4.69) is 0 Å². The topological polar surface area (TPSA) is 55.6 Å². The Morgan fingerprint density at radius 2 is 1.48 bits per heavy atom. The Morgan fingerprint density at radius 1 is 1.00 bits per heavy atom. The molecule has 1 fully saturated rings. The van der Waals surface area contributed by atoms with Gasteiger partial charge in [-0.25, -0.2) is 0 Å². The van der Waals surface area contributed by atoms with Crippen LogP contribution in [0.5, 0.6) is 0 Å². The molecule has 1 rings (SSSR count). The Kier molecular flexibility index (Phi) is 10.2. The molecule has 1 amide bonds. The van der Waals surface area contributed by atoms with E-state index in [0.717, 1.165) is 13.0 Å². The van der Waals surface area contributed by atoms with Crippen molar-refractivity contribution in [3.05, 3.63) is 11.6 Å². The SMILES string of the molecule is CC(=CCCCCCCCCCCCCC1CO1)C(N)=O. The van der Waals surface area contributed by atoms with Crippen LogP contribution in [0.25, 0.3) is 0 Å². The average molecular weight is 295 g/mol. The van der Waals surface area contributed by atoms with Crippen LogP contribution >= 0.6 is 0 Å². The number of allylic oxidation sites excluding steroid dienone is 1. The van der Waals surface area contributed by atoms with Crippen molar-refractivity contribution >= 4 is 5.91 Å². The fraction of sp³-hybridized carbons (Fsp3) is 0.833. The molecule has 1 aliphatic heterocycles. The van der Waals surface area contributed by atoms with Gasteiger partial charge in [-0.3, -0.25) is 4.79 Å². The lowest BCUT2D eigenvalue weighted by Gasteiger charge is -2.02. The van der Waals surface area contributed by atoms with Crippen LogP contribution in [0.2, 0.25) is 0 Å². The van der Waals surface area contributed by atoms with Gasteiger partial charge in [0, 0.05) is 5.57 Å². The first kappa shape index (κ1) is 18.2. The van der Waals surface area contributed by atoms with Gasteiger partial charge in [0.05, 0.1) is 12.7 Å². The first-order valence-electron chi connectivity index (χ1n) is 8.78. The molecule has 1 heterocycles. The molecule has 1 saturated heterocycles. The lowest BCUT2D eigenvalue weighted by Crippen LogP contribution is -2.11. The Bertz CT molecular complexity index is 308. The molecule has 3 nitrogen and oxygen atoms in total. The summed E-state index contributed by atoms with van der Waals surface area (Å²) in [5.41, 5.74) is 5.88. The zero-order chi connectivity index (χ0) is 15.3. The quantitative estimate of drug-likeness (QED) is 0.291. The van der Waals surface area contributed by atoms with Crippen molar-refractivity contribution in [2.45, 2.75) is 90.1 Å². The van der Waals surface area contributed by atoms with Crippen molar-refractivity contribution in [2.75, 3.05) is 6.61 Å². The fourth-order valence-electron chi connectivity index (χ4n) is 2.58. The highest BCUT2D eigenvalue weighted by molar-refractivity contribution is 5.91. The summed E-state index contributed by atoms with van der Waals surface area (Å²) in [6.07, 6.45) is 18.3. The van der Waals surface area contributed by atoms with Gasteiger partial charge in [0.25, 0.3) is 0 Å². The highest BCUT2D eigenvalue weighted by Gasteiger charge is 2.20. The van der Waals surface area contributed by atoms with Gasteiger partial charge in [-0.05, 0) is 26.2 Å². The molecule has 0 aromatic heterocycles. The number of epoxide rings is 1. The van der Waals surface area contributed by atoms with Gasteiger partial charge in [-0.2, -0.15) is 0 Å². The predicted octanol–water partition coefficient (Wildman–Crippen LogP) is 4.50. The number of carbonyl (C=O) groups excluding carboxylic acids is 1. The normalized spacial score (nSPS) is 18.0. The Labute approximate surface area is 130 Å². The Balaban J connectivity index is 1.72. The molecule has 122 valence electrons. The standard InChI is InChI=1S/C18H33NO2/c1-16(18(19)20)13-11-9-7-5-3-2-4-6-8-10-12-14-17-15-21-17/h13,17H,2-12,14-15H2,1H3,(H2,19,20). The zero-order valence-corrected chi connectivity index (χ0v) is 13.7. The number of amides is 1. The summed E-state index contributed by atoms with van der Waals surface area (Å²) in [5, 5.41) is 0. The number of unbranched alkanes of at least 4 members (excludes halogenated alkanes) is 10. The number of primary amides is 1. The van der Waals surface area contributed by atoms with E-state index in [1.165, 1.54) is 70.6 Å². The lowest BCUT2D eigenvalue weighted by molar-refractivity contribution is -0.114. The van der Waals surface area contributed by atoms with Crippen LogP contribution in [0.15, 0.2) is 11.6 Å². The van der Waals surface area contributed by atoms with Crippen LogP contribution in [0.1, 0.15) is 84.0 Å². The van der Waals surface area contributed by atoms with E-state index >= 15 is 0 Å². The minimum Gasteiger partial charge on any atom is -0.373 e. The van der Waals surface area contributed by atoms with E-state index in [9.17, 15) is 4.79 Å². The molecule has 0 aromatic carbocycles. The fourth-order valence-corrected chi connectivity index (χ4v) is 2.58. The van der Waals surface area contributed by atoms with Crippen molar-refractivity contribution in [3.63, 3.8) is 0 Å². The lowest BCUT2D eigenvalue weighted by atomic mass is 10.0. The number of rotatable bonds is 14. The molecule has 3 heteroatoms. The van der Waals surface area contributed by atoms with E-state index in [4.69, 9.17) is 10.5 Å². The van der Waals surface area contributed by atoms with Gasteiger partial charge in [-0.1, -0.05) is 63.9 Å². The predicted molar refractivity (Wildman–Crippen MR) is 88.1 cm³/mol. The second-order valence-corrected chi connectivity index (χ2v) is 6.32. The molecule has 21 heavy (non-hydrogen) atoms. The summed E-state index contributed by atoms with van der Waals surface area (Å²) in [6.45, 7) is 2.80. The highest BCUT2D eigenvalue weighted by Crippen LogP contribution is 2.18. The first-order valence-corrected chi connectivity index (χ1v) is 8.78. The van der Waals surface area contributed by atoms with Crippen LogP contribution < -0.4 is 5.73 Å². The Morgan fingerprint density at radius 3 is 1.95 bits per heavy atom. The maximum atomic E-state index is 10.8. The van der Waals surface area contributed by atoms with Gasteiger partial charge in [0.15, 0.2) is 0 Å². The van der Waals surface area contributed by atoms with Crippen LogP contribution in [0.3, 0.4) is 0 Å². The van der Waals surface area contributed by atoms with Gasteiger partial charge in [0.2, 0.25) is 5.91 Å². The number of hydrogen-bond acceptors (Lipinski definition) is 2. The van der Waals surface area contributed by atoms with Crippen LogP contribution in [0.4, 0.5) is 0 Å². The van der Waals surface area contributed by atoms with Crippen LogP contribution in [0, 0.1) is 0 Å². The zero-order valence-electron chi connectivity index (χ0n) is 13.7. The molecule has 0 spiro atoms. The molecular weight excluding hydrogens is 262 g/mol. The van der Waals surface area contributed by atoms with Gasteiger partial charge >= 0.3 is 0 Å². The summed E-state index contributed by atoms with van der Waals surface area (Å²) in [7, 11) is 0. The van der Waals surface area contributed by atoms with Gasteiger partial charge in [-0.15, -0.1) is 0 Å². The summed E-state index contributed by atoms with van der Waals surface area (Å²) < 4.78 is 5.21. The average Bonchev–Trinajstić information content (AvgIpc) is 3.27. The van der Waals surface area contributed by atoms with E-state index in [0.29, 0.717) is 11.7 Å². The molecule has 0 saturated carbocycles. The third-order valence-electron chi connectivity index (χ3n) is 4.22. The van der Waals surface area contributed by atoms with E-state index < -0.39 is 0 Å². The summed E-state index contributed by atoms with van der Waals surface area (Å²) in [4.78, 5) is 10.8. The number of hydrogen-bond donors (Lipinski definition) is 1. The summed E-state index contributed by atoms with van der Waals surface area (Å²) >= 11 is 0. The summed E-state index contributed by atoms with van der Waals surface area (Å²) in [5.74, 6) is -0.292. The largest absolute Gasteiger partial charge is 0.373 e. The third kappa shape index (κ3) is 11.5. The third-order valence-corrected chi connectivity index (χ3v) is 4.22. The number of nitrogens with two attached hydrogens (primary N) is 1. The molecule has 0 radical (unpaired) electrons. The smallest absolute Gasteiger partial charge is 0.244 e. The maximum absolute atomic E-state index is 10.8. The molecule has 1 unspecified atom stereocenters. The van der Waals surface area contributed by atoms with Crippen LogP contribution in [-0.4, -0.2) is 18.6 Å². The van der Waals surface area contributed by atoms with Crippen molar-refractivity contribution < 1.29 is 9.53 Å². The van der Waals surface area contributed by atoms with E-state index in [-0.39, 0.29) is 5.91 Å². The minimum absolute atomic E-state index is 0.292. The van der Waals surface area contributed by atoms with Crippen molar-refractivity contribution in [2.24, 2.45) is 5.73 Å². The van der Waals surface area contributed by atoms with E-state index in [1.807, 2.05) is 6.08 Å². The number of carbonyl (C=O) groups is 1. The van der Waals surface area contributed by atoms with Gasteiger partial charge < -0.3 is 10.5 Å². The molecule has 0 aliphatic carbocycles. The second-order valence-electron chi connectivity index (χ2n) is 6.32. The molecule has 1 atom stereocenters. The van der Waals surface area contributed by atoms with Gasteiger partial charge in [0.1, 0.15) is 0 Å². The molecular formula is C18H33NO2. The molecule has 0 aromatic rings. The second kappa shape index (κ2) is 11.8. The van der Waals surface area contributed by atoms with Crippen molar-refractivity contribution in [3.8, 4) is 0 Å². The highest BCUT2D eigenvalue weighted by atomic mass is 16.6. The molecule has 2 N–H and O–H groups in total. The van der Waals surface area contributed by atoms with E-state index in [1.54, 1.807) is 6.92 Å². The summed E-state index contributed by atoms with van der Waals surface area (Å²) in [6, 6.07) is 0. The maximum Gasteiger partial charge on any atom is 0.244 e. The Hall–Kier alpha value is -0.830. The minimum atomic E-state index is -0.292. The van der Waals surface area contributed by atoms with Crippen LogP contribution in [-0.2, 0) is 9.53 Å². The first-order chi connectivity index (χ1) is 10.2. The number of ether oxygens (including phenoxy) is 1. The monoisotopic (exact) mass is 295 g/mol. The molecule has 1 aliphatic rings.